The molecular weight excluding hydrogens is 459 g/mol. The summed E-state index contributed by atoms with van der Waals surface area (Å²) in [4.78, 5) is 26.3. The van der Waals surface area contributed by atoms with Gasteiger partial charge in [-0.3, -0.25) is 9.52 Å². The number of anilines is 1. The molecule has 0 unspecified atom stereocenters. The Morgan fingerprint density at radius 3 is 2.44 bits per heavy atom. The van der Waals surface area contributed by atoms with Crippen molar-refractivity contribution in [2.45, 2.75) is 43.0 Å². The first-order valence-corrected chi connectivity index (χ1v) is 12.0. The van der Waals surface area contributed by atoms with Crippen LogP contribution in [0.3, 0.4) is 0 Å². The van der Waals surface area contributed by atoms with Crippen LogP contribution in [0.1, 0.15) is 42.5 Å². The molecule has 7 nitrogen and oxygen atoms in total. The van der Waals surface area contributed by atoms with E-state index in [4.69, 9.17) is 16.3 Å². The first kappa shape index (κ1) is 24.0. The molecule has 1 fully saturated rings. The van der Waals surface area contributed by atoms with Crippen molar-refractivity contribution in [1.29, 1.82) is 0 Å². The van der Waals surface area contributed by atoms with Gasteiger partial charge in [-0.05, 0) is 55.3 Å². The minimum atomic E-state index is -4.07. The number of rotatable bonds is 7. The molecule has 172 valence electrons. The van der Waals surface area contributed by atoms with Crippen LogP contribution >= 0.6 is 11.6 Å². The first-order valence-electron chi connectivity index (χ1n) is 10.2. The second-order valence-electron chi connectivity index (χ2n) is 7.63. The number of sulfonamides is 1. The van der Waals surface area contributed by atoms with E-state index in [0.29, 0.717) is 0 Å². The Balaban J connectivity index is 1.68. The van der Waals surface area contributed by atoms with Crippen molar-refractivity contribution in [2.75, 3.05) is 18.4 Å². The van der Waals surface area contributed by atoms with E-state index in [1.165, 1.54) is 24.3 Å². The fourth-order valence-electron chi connectivity index (χ4n) is 3.54. The van der Waals surface area contributed by atoms with Crippen LogP contribution in [-0.4, -0.2) is 44.9 Å². The number of likely N-dealkylation sites (N-methyl/N-ethyl adjacent to an activating group) is 1. The van der Waals surface area contributed by atoms with Gasteiger partial charge in [0.05, 0.1) is 15.5 Å². The van der Waals surface area contributed by atoms with E-state index in [1.807, 2.05) is 0 Å². The molecule has 1 amide bonds. The van der Waals surface area contributed by atoms with Gasteiger partial charge in [0.2, 0.25) is 0 Å². The monoisotopic (exact) mass is 482 g/mol. The second-order valence-corrected chi connectivity index (χ2v) is 9.72. The van der Waals surface area contributed by atoms with Gasteiger partial charge < -0.3 is 9.64 Å². The Morgan fingerprint density at radius 2 is 1.78 bits per heavy atom. The van der Waals surface area contributed by atoms with E-state index in [1.54, 1.807) is 11.9 Å². The highest BCUT2D eigenvalue weighted by Crippen LogP contribution is 2.24. The lowest BCUT2D eigenvalue weighted by Crippen LogP contribution is -2.40. The molecule has 0 spiro atoms. The van der Waals surface area contributed by atoms with Crippen molar-refractivity contribution in [3.8, 4) is 0 Å². The average molecular weight is 483 g/mol. The highest BCUT2D eigenvalue weighted by Gasteiger charge is 2.24. The summed E-state index contributed by atoms with van der Waals surface area (Å²) in [5, 5.41) is -0.0104. The number of halogens is 2. The number of carbonyl (C=O) groups is 2. The summed E-state index contributed by atoms with van der Waals surface area (Å²) < 4.78 is 45.7. The van der Waals surface area contributed by atoms with Crippen molar-refractivity contribution >= 4 is 39.2 Å². The SMILES string of the molecule is CN(C(=O)COC(=O)c1cc(S(=O)(=O)Nc2ccc(F)cc2)ccc1Cl)C1CCCCC1. The number of nitrogens with zero attached hydrogens (tertiary/aromatic N) is 1. The van der Waals surface area contributed by atoms with Gasteiger partial charge in [-0.2, -0.15) is 0 Å². The van der Waals surface area contributed by atoms with Gasteiger partial charge in [0.1, 0.15) is 5.82 Å². The topological polar surface area (TPSA) is 92.8 Å². The summed E-state index contributed by atoms with van der Waals surface area (Å²) in [6.45, 7) is -0.465. The van der Waals surface area contributed by atoms with Crippen molar-refractivity contribution in [3.63, 3.8) is 0 Å². The van der Waals surface area contributed by atoms with Crippen LogP contribution in [0.2, 0.25) is 5.02 Å². The third-order valence-corrected chi connectivity index (χ3v) is 7.12. The maximum Gasteiger partial charge on any atom is 0.340 e. The summed E-state index contributed by atoms with van der Waals surface area (Å²) in [7, 11) is -2.38. The highest BCUT2D eigenvalue weighted by atomic mass is 35.5. The van der Waals surface area contributed by atoms with Crippen LogP contribution in [-0.2, 0) is 19.6 Å². The molecule has 0 saturated heterocycles. The third-order valence-electron chi connectivity index (χ3n) is 5.41. The molecular formula is C22H24ClFN2O5S. The van der Waals surface area contributed by atoms with Crippen LogP contribution < -0.4 is 4.72 Å². The van der Waals surface area contributed by atoms with Gasteiger partial charge in [0.15, 0.2) is 6.61 Å². The normalized spacial score (nSPS) is 14.6. The smallest absolute Gasteiger partial charge is 0.340 e. The van der Waals surface area contributed by atoms with Crippen LogP contribution in [0.25, 0.3) is 0 Å². The van der Waals surface area contributed by atoms with Crippen LogP contribution in [0.15, 0.2) is 47.4 Å². The van der Waals surface area contributed by atoms with Crippen molar-refractivity contribution in [3.05, 3.63) is 58.9 Å². The summed E-state index contributed by atoms with van der Waals surface area (Å²) in [5.41, 5.74) is -0.0245. The number of hydrogen-bond donors (Lipinski definition) is 1. The molecule has 2 aromatic carbocycles. The quantitative estimate of drug-likeness (QED) is 0.596. The minimum Gasteiger partial charge on any atom is -0.452 e. The second kappa shape index (κ2) is 10.3. The van der Waals surface area contributed by atoms with Gasteiger partial charge >= 0.3 is 5.97 Å². The molecule has 0 aromatic heterocycles. The van der Waals surface area contributed by atoms with E-state index in [2.05, 4.69) is 4.72 Å². The third kappa shape index (κ3) is 5.98. The van der Waals surface area contributed by atoms with Crippen molar-refractivity contribution < 1.29 is 27.1 Å². The standard InChI is InChI=1S/C22H24ClFN2O5S/c1-26(17-5-3-2-4-6-17)21(27)14-31-22(28)19-13-18(11-12-20(19)23)32(29,30)25-16-9-7-15(24)8-10-16/h7-13,17,25H,2-6,14H2,1H3. The Morgan fingerprint density at radius 1 is 1.12 bits per heavy atom. The van der Waals surface area contributed by atoms with Gasteiger partial charge in [-0.15, -0.1) is 0 Å². The van der Waals surface area contributed by atoms with Crippen molar-refractivity contribution in [1.82, 2.24) is 4.90 Å². The van der Waals surface area contributed by atoms with E-state index in [9.17, 15) is 22.4 Å². The number of esters is 1. The van der Waals surface area contributed by atoms with E-state index in [-0.39, 0.29) is 33.1 Å². The van der Waals surface area contributed by atoms with E-state index >= 15 is 0 Å². The molecule has 3 rings (SSSR count). The molecule has 1 saturated carbocycles. The first-order chi connectivity index (χ1) is 15.2. The Bertz CT molecular complexity index is 1090. The maximum atomic E-state index is 13.0. The minimum absolute atomic E-state index is 0.0104. The lowest BCUT2D eigenvalue weighted by atomic mass is 9.94. The van der Waals surface area contributed by atoms with Crippen molar-refractivity contribution in [2.24, 2.45) is 0 Å². The fraction of sp³-hybridized carbons (Fsp3) is 0.364. The molecule has 10 heteroatoms. The molecule has 32 heavy (non-hydrogen) atoms. The number of hydrogen-bond acceptors (Lipinski definition) is 5. The fourth-order valence-corrected chi connectivity index (χ4v) is 4.82. The summed E-state index contributed by atoms with van der Waals surface area (Å²) in [6, 6.07) is 8.46. The molecule has 0 heterocycles. The number of carbonyl (C=O) groups excluding carboxylic acids is 2. The molecule has 1 N–H and O–H groups in total. The zero-order chi connectivity index (χ0) is 23.3. The number of benzene rings is 2. The Labute approximate surface area is 191 Å². The van der Waals surface area contributed by atoms with Gasteiger partial charge in [0, 0.05) is 18.8 Å². The van der Waals surface area contributed by atoms with E-state index in [0.717, 1.165) is 50.3 Å². The highest BCUT2D eigenvalue weighted by molar-refractivity contribution is 7.92. The largest absolute Gasteiger partial charge is 0.452 e. The molecule has 0 atom stereocenters. The predicted octanol–water partition coefficient (Wildman–Crippen LogP) is 4.23. The number of amides is 1. The lowest BCUT2D eigenvalue weighted by Gasteiger charge is -2.31. The van der Waals surface area contributed by atoms with Gasteiger partial charge in [0.25, 0.3) is 15.9 Å². The Hall–Kier alpha value is -2.65. The lowest BCUT2D eigenvalue weighted by molar-refractivity contribution is -0.135. The molecule has 0 bridgehead atoms. The zero-order valence-electron chi connectivity index (χ0n) is 17.5. The Kier molecular flexibility index (Phi) is 7.73. The summed E-state index contributed by atoms with van der Waals surface area (Å²) >= 11 is 6.07. The molecule has 0 radical (unpaired) electrons. The van der Waals surface area contributed by atoms with Crippen LogP contribution in [0.5, 0.6) is 0 Å². The number of nitrogens with one attached hydrogen (secondary N) is 1. The maximum absolute atomic E-state index is 13.0. The molecule has 2 aromatic rings. The van der Waals surface area contributed by atoms with Gasteiger partial charge in [-0.1, -0.05) is 30.9 Å². The van der Waals surface area contributed by atoms with Gasteiger partial charge in [-0.25, -0.2) is 17.6 Å². The average Bonchev–Trinajstić information content (AvgIpc) is 2.78. The summed E-state index contributed by atoms with van der Waals surface area (Å²) in [6.07, 6.45) is 5.11. The van der Waals surface area contributed by atoms with E-state index < -0.39 is 28.4 Å². The predicted molar refractivity (Wildman–Crippen MR) is 119 cm³/mol. The molecule has 1 aliphatic carbocycles. The van der Waals surface area contributed by atoms with Crippen LogP contribution in [0.4, 0.5) is 10.1 Å². The molecule has 0 aliphatic heterocycles. The van der Waals surface area contributed by atoms with Crippen LogP contribution in [0, 0.1) is 5.82 Å². The molecule has 1 aliphatic rings. The summed E-state index contributed by atoms with van der Waals surface area (Å²) in [5.74, 6) is -1.74. The number of ether oxygens (including phenoxy) is 1. The zero-order valence-corrected chi connectivity index (χ0v) is 19.1.